The Morgan fingerprint density at radius 1 is 1.19 bits per heavy atom. The maximum atomic E-state index is 11.0. The molecule has 1 atom stereocenters. The summed E-state index contributed by atoms with van der Waals surface area (Å²) in [5.74, 6) is -1.22. The second kappa shape index (κ2) is 3.77. The SMILES string of the molecule is O=C1C=C(O)CC(c2ccc(O)c(O)c2)O1. The first-order chi connectivity index (χ1) is 7.56. The monoisotopic (exact) mass is 222 g/mol. The van der Waals surface area contributed by atoms with E-state index >= 15 is 0 Å². The van der Waals surface area contributed by atoms with Crippen molar-refractivity contribution in [3.63, 3.8) is 0 Å². The highest BCUT2D eigenvalue weighted by Crippen LogP contribution is 2.33. The van der Waals surface area contributed by atoms with Crippen LogP contribution >= 0.6 is 0 Å². The molecule has 0 aliphatic carbocycles. The molecule has 1 aromatic carbocycles. The van der Waals surface area contributed by atoms with Crippen LogP contribution in [0.2, 0.25) is 0 Å². The number of aromatic hydroxyl groups is 2. The highest BCUT2D eigenvalue weighted by molar-refractivity contribution is 5.83. The summed E-state index contributed by atoms with van der Waals surface area (Å²) in [6.45, 7) is 0. The number of carbonyl (C=O) groups excluding carboxylic acids is 1. The van der Waals surface area contributed by atoms with E-state index in [0.717, 1.165) is 6.08 Å². The van der Waals surface area contributed by atoms with Crippen LogP contribution < -0.4 is 0 Å². The summed E-state index contributed by atoms with van der Waals surface area (Å²) in [5, 5.41) is 27.7. The number of cyclic esters (lactones) is 1. The van der Waals surface area contributed by atoms with E-state index in [4.69, 9.17) is 9.84 Å². The fraction of sp³-hybridized carbons (Fsp3) is 0.182. The fourth-order valence-electron chi connectivity index (χ4n) is 1.53. The lowest BCUT2D eigenvalue weighted by Crippen LogP contribution is -2.15. The van der Waals surface area contributed by atoms with E-state index in [0.29, 0.717) is 5.56 Å². The Balaban J connectivity index is 2.28. The second-order valence-corrected chi connectivity index (χ2v) is 3.51. The van der Waals surface area contributed by atoms with Gasteiger partial charge in [0.15, 0.2) is 11.5 Å². The summed E-state index contributed by atoms with van der Waals surface area (Å²) in [7, 11) is 0. The Morgan fingerprint density at radius 2 is 1.94 bits per heavy atom. The van der Waals surface area contributed by atoms with Gasteiger partial charge < -0.3 is 20.1 Å². The topological polar surface area (TPSA) is 87.0 Å². The van der Waals surface area contributed by atoms with Crippen molar-refractivity contribution in [2.45, 2.75) is 12.5 Å². The first-order valence-electron chi connectivity index (χ1n) is 4.68. The molecule has 0 amide bonds. The van der Waals surface area contributed by atoms with Crippen LogP contribution in [-0.4, -0.2) is 21.3 Å². The van der Waals surface area contributed by atoms with Gasteiger partial charge in [-0.05, 0) is 17.7 Å². The van der Waals surface area contributed by atoms with Gasteiger partial charge in [0.05, 0.1) is 6.08 Å². The highest BCUT2D eigenvalue weighted by Gasteiger charge is 2.23. The normalized spacial score (nSPS) is 20.1. The van der Waals surface area contributed by atoms with Crippen molar-refractivity contribution in [2.24, 2.45) is 0 Å². The van der Waals surface area contributed by atoms with Crippen molar-refractivity contribution in [3.8, 4) is 11.5 Å². The van der Waals surface area contributed by atoms with Gasteiger partial charge in [0, 0.05) is 6.42 Å². The minimum absolute atomic E-state index is 0.0613. The average Bonchev–Trinajstić information content (AvgIpc) is 2.20. The smallest absolute Gasteiger partial charge is 0.334 e. The molecule has 5 nitrogen and oxygen atoms in total. The summed E-state index contributed by atoms with van der Waals surface area (Å²) < 4.78 is 4.97. The zero-order valence-electron chi connectivity index (χ0n) is 8.25. The van der Waals surface area contributed by atoms with Crippen molar-refractivity contribution in [3.05, 3.63) is 35.6 Å². The van der Waals surface area contributed by atoms with Crippen molar-refractivity contribution in [1.82, 2.24) is 0 Å². The van der Waals surface area contributed by atoms with E-state index < -0.39 is 12.1 Å². The molecule has 0 saturated carbocycles. The van der Waals surface area contributed by atoms with Crippen LogP contribution in [0.15, 0.2) is 30.0 Å². The zero-order valence-corrected chi connectivity index (χ0v) is 8.25. The van der Waals surface area contributed by atoms with E-state index in [2.05, 4.69) is 0 Å². The van der Waals surface area contributed by atoms with Crippen LogP contribution in [0.1, 0.15) is 18.1 Å². The van der Waals surface area contributed by atoms with Crippen molar-refractivity contribution in [2.75, 3.05) is 0 Å². The third-order valence-corrected chi connectivity index (χ3v) is 2.31. The van der Waals surface area contributed by atoms with Crippen LogP contribution in [0.4, 0.5) is 0 Å². The third-order valence-electron chi connectivity index (χ3n) is 2.31. The van der Waals surface area contributed by atoms with Crippen LogP contribution in [-0.2, 0) is 9.53 Å². The van der Waals surface area contributed by atoms with E-state index in [1.807, 2.05) is 0 Å². The van der Waals surface area contributed by atoms with Gasteiger partial charge in [-0.15, -0.1) is 0 Å². The van der Waals surface area contributed by atoms with E-state index in [1.165, 1.54) is 18.2 Å². The Kier molecular flexibility index (Phi) is 2.44. The van der Waals surface area contributed by atoms with Gasteiger partial charge in [-0.3, -0.25) is 0 Å². The summed E-state index contributed by atoms with van der Waals surface area (Å²) in [6.07, 6.45) is 0.538. The van der Waals surface area contributed by atoms with Crippen LogP contribution in [0.5, 0.6) is 11.5 Å². The minimum Gasteiger partial charge on any atom is -0.512 e. The van der Waals surface area contributed by atoms with Gasteiger partial charge in [0.1, 0.15) is 11.9 Å². The molecule has 0 saturated heterocycles. The molecular weight excluding hydrogens is 212 g/mol. The molecule has 1 aliphatic rings. The number of carbonyl (C=O) groups is 1. The Hall–Kier alpha value is -2.17. The lowest BCUT2D eigenvalue weighted by Gasteiger charge is -2.21. The van der Waals surface area contributed by atoms with Gasteiger partial charge in [-0.2, -0.15) is 0 Å². The van der Waals surface area contributed by atoms with Crippen LogP contribution in [0.25, 0.3) is 0 Å². The van der Waals surface area contributed by atoms with Gasteiger partial charge in [-0.1, -0.05) is 6.07 Å². The van der Waals surface area contributed by atoms with E-state index in [1.54, 1.807) is 0 Å². The molecule has 84 valence electrons. The molecular formula is C11H10O5. The summed E-state index contributed by atoms with van der Waals surface area (Å²) >= 11 is 0. The number of aliphatic hydroxyl groups excluding tert-OH is 1. The number of rotatable bonds is 1. The van der Waals surface area contributed by atoms with Crippen molar-refractivity contribution in [1.29, 1.82) is 0 Å². The minimum atomic E-state index is -0.635. The van der Waals surface area contributed by atoms with Gasteiger partial charge >= 0.3 is 5.97 Å². The lowest BCUT2D eigenvalue weighted by atomic mass is 10.0. The molecule has 3 N–H and O–H groups in total. The van der Waals surface area contributed by atoms with Gasteiger partial charge in [0.25, 0.3) is 0 Å². The van der Waals surface area contributed by atoms with Gasteiger partial charge in [0.2, 0.25) is 0 Å². The molecule has 0 bridgehead atoms. The maximum absolute atomic E-state index is 11.0. The van der Waals surface area contributed by atoms with Gasteiger partial charge in [-0.25, -0.2) is 4.79 Å². The number of hydrogen-bond donors (Lipinski definition) is 3. The molecule has 2 rings (SSSR count). The lowest BCUT2D eigenvalue weighted by molar-refractivity contribution is -0.145. The second-order valence-electron chi connectivity index (χ2n) is 3.51. The number of phenolic OH excluding ortho intramolecular Hbond substituents is 2. The van der Waals surface area contributed by atoms with Crippen LogP contribution in [0.3, 0.4) is 0 Å². The number of aliphatic hydroxyl groups is 1. The van der Waals surface area contributed by atoms with Crippen molar-refractivity contribution >= 4 is 5.97 Å². The standard InChI is InChI=1S/C11H10O5/c12-7-4-10(16-11(15)5-7)6-1-2-8(13)9(14)3-6/h1-3,5,10,12-14H,4H2. The molecule has 1 unspecified atom stereocenters. The van der Waals surface area contributed by atoms with E-state index in [9.17, 15) is 15.0 Å². The molecule has 0 fully saturated rings. The summed E-state index contributed by atoms with van der Waals surface area (Å²) in [4.78, 5) is 11.0. The Bertz CT molecular complexity index is 463. The van der Waals surface area contributed by atoms with Crippen molar-refractivity contribution < 1.29 is 24.9 Å². The largest absolute Gasteiger partial charge is 0.512 e. The summed E-state index contributed by atoms with van der Waals surface area (Å²) in [5.41, 5.74) is 0.517. The number of benzene rings is 1. The molecule has 1 aromatic rings. The zero-order chi connectivity index (χ0) is 11.7. The Morgan fingerprint density at radius 3 is 2.56 bits per heavy atom. The molecule has 0 spiro atoms. The van der Waals surface area contributed by atoms with E-state index in [-0.39, 0.29) is 23.7 Å². The number of ether oxygens (including phenoxy) is 1. The highest BCUT2D eigenvalue weighted by atomic mass is 16.5. The summed E-state index contributed by atoms with van der Waals surface area (Å²) in [6, 6.07) is 4.12. The Labute approximate surface area is 91.2 Å². The molecule has 5 heteroatoms. The fourth-order valence-corrected chi connectivity index (χ4v) is 1.53. The predicted octanol–water partition coefficient (Wildman–Crippen LogP) is 1.53. The molecule has 1 aliphatic heterocycles. The molecule has 0 aromatic heterocycles. The first-order valence-corrected chi connectivity index (χ1v) is 4.68. The van der Waals surface area contributed by atoms with Crippen LogP contribution in [0, 0.1) is 0 Å². The number of esters is 1. The molecule has 0 radical (unpaired) electrons. The third kappa shape index (κ3) is 1.93. The quantitative estimate of drug-likeness (QED) is 0.495. The maximum Gasteiger partial charge on any atom is 0.334 e. The predicted molar refractivity (Wildman–Crippen MR) is 53.9 cm³/mol. The first kappa shape index (κ1) is 10.4. The molecule has 1 heterocycles. The average molecular weight is 222 g/mol. The molecule has 16 heavy (non-hydrogen) atoms. The number of hydrogen-bond acceptors (Lipinski definition) is 5. The number of phenols is 2.